The van der Waals surface area contributed by atoms with Crippen LogP contribution in [0.1, 0.15) is 17.6 Å². The molecule has 0 spiro atoms. The molecule has 0 aliphatic carbocycles. The molecule has 1 saturated heterocycles. The summed E-state index contributed by atoms with van der Waals surface area (Å²) in [6, 6.07) is 0.544. The molecule has 0 aromatic carbocycles. The standard InChI is InChI=1S/C13H22N4OS/c1-10-7-14-4-5-17(10)8-11-9-19-12(15-11)6-13(18)16(2)3/h9-10,14H,4-8H2,1-3H3/t10-/m1/s1. The molecular weight excluding hydrogens is 260 g/mol. The Bertz CT molecular complexity index is 432. The minimum absolute atomic E-state index is 0.108. The van der Waals surface area contributed by atoms with Crippen molar-refractivity contribution in [2.45, 2.75) is 25.9 Å². The van der Waals surface area contributed by atoms with Gasteiger partial charge in [0.25, 0.3) is 0 Å². The average molecular weight is 282 g/mol. The number of amides is 1. The van der Waals surface area contributed by atoms with E-state index in [1.54, 1.807) is 30.3 Å². The number of aromatic nitrogens is 1. The van der Waals surface area contributed by atoms with E-state index in [0.29, 0.717) is 12.5 Å². The van der Waals surface area contributed by atoms with Gasteiger partial charge in [-0.15, -0.1) is 11.3 Å². The van der Waals surface area contributed by atoms with Crippen LogP contribution in [0.5, 0.6) is 0 Å². The monoisotopic (exact) mass is 282 g/mol. The molecule has 1 fully saturated rings. The fraction of sp³-hybridized carbons (Fsp3) is 0.692. The second kappa shape index (κ2) is 6.45. The van der Waals surface area contributed by atoms with Crippen LogP contribution in [0, 0.1) is 0 Å². The molecule has 1 aromatic rings. The summed E-state index contributed by atoms with van der Waals surface area (Å²) in [5.41, 5.74) is 1.08. The number of carbonyl (C=O) groups excluding carboxylic acids is 1. The highest BCUT2D eigenvalue weighted by atomic mass is 32.1. The average Bonchev–Trinajstić information content (AvgIpc) is 2.79. The van der Waals surface area contributed by atoms with Crippen molar-refractivity contribution < 1.29 is 4.79 Å². The first-order chi connectivity index (χ1) is 9.06. The normalized spacial score (nSPS) is 20.5. The van der Waals surface area contributed by atoms with Crippen LogP contribution < -0.4 is 5.32 Å². The summed E-state index contributed by atoms with van der Waals surface area (Å²) in [4.78, 5) is 20.3. The Hall–Kier alpha value is -0.980. The summed E-state index contributed by atoms with van der Waals surface area (Å²) in [5.74, 6) is 0.108. The largest absolute Gasteiger partial charge is 0.348 e. The van der Waals surface area contributed by atoms with Gasteiger partial charge in [-0.25, -0.2) is 4.98 Å². The molecule has 19 heavy (non-hydrogen) atoms. The van der Waals surface area contributed by atoms with E-state index in [1.807, 2.05) is 0 Å². The molecule has 1 aromatic heterocycles. The number of thiazole rings is 1. The van der Waals surface area contributed by atoms with Crippen LogP contribution in [0.15, 0.2) is 5.38 Å². The Labute approximate surface area is 118 Å². The fourth-order valence-electron chi connectivity index (χ4n) is 2.12. The van der Waals surface area contributed by atoms with Crippen LogP contribution in [0.3, 0.4) is 0 Å². The quantitative estimate of drug-likeness (QED) is 0.877. The first-order valence-corrected chi connectivity index (χ1v) is 7.52. The molecule has 0 bridgehead atoms. The van der Waals surface area contributed by atoms with Gasteiger partial charge in [-0.2, -0.15) is 0 Å². The van der Waals surface area contributed by atoms with Gasteiger partial charge in [0.2, 0.25) is 5.91 Å². The van der Waals surface area contributed by atoms with E-state index in [1.165, 1.54) is 0 Å². The van der Waals surface area contributed by atoms with Gasteiger partial charge in [0.05, 0.1) is 12.1 Å². The maximum Gasteiger partial charge on any atom is 0.228 e. The van der Waals surface area contributed by atoms with Crippen LogP contribution in [0.25, 0.3) is 0 Å². The topological polar surface area (TPSA) is 48.5 Å². The third-order valence-corrected chi connectivity index (χ3v) is 4.30. The van der Waals surface area contributed by atoms with Crippen molar-refractivity contribution in [3.63, 3.8) is 0 Å². The lowest BCUT2D eigenvalue weighted by atomic mass is 10.2. The van der Waals surface area contributed by atoms with E-state index in [-0.39, 0.29) is 5.91 Å². The van der Waals surface area contributed by atoms with Gasteiger partial charge in [-0.1, -0.05) is 0 Å². The van der Waals surface area contributed by atoms with Crippen LogP contribution in [-0.4, -0.2) is 60.5 Å². The summed E-state index contributed by atoms with van der Waals surface area (Å²) in [6.07, 6.45) is 0.411. The molecule has 0 unspecified atom stereocenters. The van der Waals surface area contributed by atoms with Gasteiger partial charge in [0, 0.05) is 51.7 Å². The molecule has 1 N–H and O–H groups in total. The molecule has 1 amide bonds. The van der Waals surface area contributed by atoms with E-state index in [2.05, 4.69) is 27.5 Å². The number of hydrogen-bond acceptors (Lipinski definition) is 5. The van der Waals surface area contributed by atoms with E-state index in [0.717, 1.165) is 36.9 Å². The van der Waals surface area contributed by atoms with Gasteiger partial charge in [-0.05, 0) is 6.92 Å². The van der Waals surface area contributed by atoms with Gasteiger partial charge in [0.15, 0.2) is 0 Å². The maximum absolute atomic E-state index is 11.6. The number of nitrogens with zero attached hydrogens (tertiary/aromatic N) is 3. The van der Waals surface area contributed by atoms with Crippen molar-refractivity contribution in [3.05, 3.63) is 16.1 Å². The zero-order valence-electron chi connectivity index (χ0n) is 11.8. The summed E-state index contributed by atoms with van der Waals surface area (Å²) < 4.78 is 0. The minimum atomic E-state index is 0.108. The molecule has 2 rings (SSSR count). The summed E-state index contributed by atoms with van der Waals surface area (Å²) in [6.45, 7) is 6.26. The Kier molecular flexibility index (Phi) is 4.90. The van der Waals surface area contributed by atoms with Crippen LogP contribution in [0.2, 0.25) is 0 Å². The number of carbonyl (C=O) groups is 1. The zero-order chi connectivity index (χ0) is 13.8. The summed E-state index contributed by atoms with van der Waals surface area (Å²) in [7, 11) is 3.55. The third kappa shape index (κ3) is 3.99. The fourth-order valence-corrected chi connectivity index (χ4v) is 2.89. The predicted molar refractivity (Wildman–Crippen MR) is 77.3 cm³/mol. The van der Waals surface area contributed by atoms with Crippen molar-refractivity contribution in [3.8, 4) is 0 Å². The maximum atomic E-state index is 11.6. The van der Waals surface area contributed by atoms with Gasteiger partial charge in [-0.3, -0.25) is 9.69 Å². The SMILES string of the molecule is C[C@@H]1CNCCN1Cc1csc(CC(=O)N(C)C)n1. The number of piperazine rings is 1. The van der Waals surface area contributed by atoms with Crippen molar-refractivity contribution >= 4 is 17.2 Å². The summed E-state index contributed by atoms with van der Waals surface area (Å²) >= 11 is 1.58. The first kappa shape index (κ1) is 14.4. The molecule has 0 radical (unpaired) electrons. The highest BCUT2D eigenvalue weighted by Crippen LogP contribution is 2.15. The lowest BCUT2D eigenvalue weighted by Crippen LogP contribution is -2.49. The van der Waals surface area contributed by atoms with Crippen LogP contribution in [-0.2, 0) is 17.8 Å². The van der Waals surface area contributed by atoms with Crippen LogP contribution >= 0.6 is 11.3 Å². The highest BCUT2D eigenvalue weighted by Gasteiger charge is 2.19. The molecule has 1 aliphatic heterocycles. The van der Waals surface area contributed by atoms with E-state index in [4.69, 9.17) is 0 Å². The Morgan fingerprint density at radius 1 is 1.63 bits per heavy atom. The molecule has 2 heterocycles. The molecule has 106 valence electrons. The van der Waals surface area contributed by atoms with E-state index in [9.17, 15) is 4.79 Å². The van der Waals surface area contributed by atoms with Gasteiger partial charge >= 0.3 is 0 Å². The Morgan fingerprint density at radius 3 is 3.11 bits per heavy atom. The molecule has 5 nitrogen and oxygen atoms in total. The van der Waals surface area contributed by atoms with Crippen molar-refractivity contribution in [2.75, 3.05) is 33.7 Å². The van der Waals surface area contributed by atoms with Crippen molar-refractivity contribution in [2.24, 2.45) is 0 Å². The molecule has 6 heteroatoms. The molecule has 1 atom stereocenters. The smallest absolute Gasteiger partial charge is 0.228 e. The Balaban J connectivity index is 1.91. The molecule has 1 aliphatic rings. The van der Waals surface area contributed by atoms with Crippen molar-refractivity contribution in [1.82, 2.24) is 20.1 Å². The van der Waals surface area contributed by atoms with E-state index >= 15 is 0 Å². The second-order valence-electron chi connectivity index (χ2n) is 5.22. The van der Waals surface area contributed by atoms with E-state index < -0.39 is 0 Å². The van der Waals surface area contributed by atoms with Crippen molar-refractivity contribution in [1.29, 1.82) is 0 Å². The highest BCUT2D eigenvalue weighted by molar-refractivity contribution is 7.09. The minimum Gasteiger partial charge on any atom is -0.348 e. The number of likely N-dealkylation sites (N-methyl/N-ethyl adjacent to an activating group) is 1. The zero-order valence-corrected chi connectivity index (χ0v) is 12.7. The number of nitrogens with one attached hydrogen (secondary N) is 1. The predicted octanol–water partition coefficient (Wildman–Crippen LogP) is 0.567. The molecule has 0 saturated carbocycles. The summed E-state index contributed by atoms with van der Waals surface area (Å²) in [5, 5.41) is 6.37. The first-order valence-electron chi connectivity index (χ1n) is 6.64. The third-order valence-electron chi connectivity index (χ3n) is 3.40. The number of rotatable bonds is 4. The molecular formula is C13H22N4OS. The second-order valence-corrected chi connectivity index (χ2v) is 6.16. The van der Waals surface area contributed by atoms with Gasteiger partial charge in [0.1, 0.15) is 5.01 Å². The lowest BCUT2D eigenvalue weighted by Gasteiger charge is -2.33. The van der Waals surface area contributed by atoms with Crippen LogP contribution in [0.4, 0.5) is 0 Å². The number of hydrogen-bond donors (Lipinski definition) is 1. The lowest BCUT2D eigenvalue weighted by molar-refractivity contribution is -0.127. The van der Waals surface area contributed by atoms with Gasteiger partial charge < -0.3 is 10.2 Å². The Morgan fingerprint density at radius 2 is 2.42 bits per heavy atom.